The van der Waals surface area contributed by atoms with E-state index in [-0.39, 0.29) is 11.7 Å². The lowest BCUT2D eigenvalue weighted by molar-refractivity contribution is -0.137. The number of allylic oxidation sites excluding steroid dienone is 3. The van der Waals surface area contributed by atoms with E-state index in [0.29, 0.717) is 18.4 Å². The maximum atomic E-state index is 12.6. The second-order valence-corrected chi connectivity index (χ2v) is 6.52. The highest BCUT2D eigenvalue weighted by molar-refractivity contribution is 5.92. The van der Waals surface area contributed by atoms with Crippen LogP contribution >= 0.6 is 0 Å². The monoisotopic (exact) mass is 372 g/mol. The summed E-state index contributed by atoms with van der Waals surface area (Å²) in [7, 11) is 1.60. The molecule has 0 bridgehead atoms. The van der Waals surface area contributed by atoms with Crippen LogP contribution in [0.4, 0.5) is 13.2 Å². The number of ketones is 1. The van der Waals surface area contributed by atoms with E-state index in [1.165, 1.54) is 12.1 Å². The molecule has 0 saturated heterocycles. The smallest absolute Gasteiger partial charge is 0.416 e. The largest absolute Gasteiger partial charge is 0.497 e. The molecule has 0 aromatic heterocycles. The summed E-state index contributed by atoms with van der Waals surface area (Å²) in [5.74, 6) is 0.897. The SMILES string of the molecule is COc1ccc([C@H]2CC(=O)C=C(/C=C/c3ccc(C(F)(F)F)cc3)C2)cc1. The first kappa shape index (κ1) is 19.0. The number of halogens is 3. The second kappa shape index (κ2) is 7.82. The number of benzene rings is 2. The van der Waals surface area contributed by atoms with Crippen LogP contribution in [0, 0.1) is 0 Å². The molecule has 0 radical (unpaired) electrons. The predicted octanol–water partition coefficient (Wildman–Crippen LogP) is 5.80. The molecule has 2 nitrogen and oxygen atoms in total. The Morgan fingerprint density at radius 2 is 1.63 bits per heavy atom. The van der Waals surface area contributed by atoms with Gasteiger partial charge in [0.15, 0.2) is 5.78 Å². The molecule has 0 aliphatic heterocycles. The van der Waals surface area contributed by atoms with Crippen molar-refractivity contribution in [1.29, 1.82) is 0 Å². The van der Waals surface area contributed by atoms with E-state index in [1.807, 2.05) is 24.3 Å². The molecular weight excluding hydrogens is 353 g/mol. The Bertz CT molecular complexity index is 860. The first-order chi connectivity index (χ1) is 12.8. The Morgan fingerprint density at radius 3 is 2.22 bits per heavy atom. The average molecular weight is 372 g/mol. The van der Waals surface area contributed by atoms with E-state index in [0.717, 1.165) is 29.0 Å². The van der Waals surface area contributed by atoms with Crippen LogP contribution in [0.2, 0.25) is 0 Å². The third-order valence-electron chi connectivity index (χ3n) is 4.59. The van der Waals surface area contributed by atoms with Gasteiger partial charge in [-0.2, -0.15) is 13.2 Å². The zero-order valence-electron chi connectivity index (χ0n) is 14.8. The quantitative estimate of drug-likeness (QED) is 0.678. The fourth-order valence-electron chi connectivity index (χ4n) is 3.14. The van der Waals surface area contributed by atoms with Crippen molar-refractivity contribution in [2.24, 2.45) is 0 Å². The molecule has 27 heavy (non-hydrogen) atoms. The van der Waals surface area contributed by atoms with Gasteiger partial charge in [-0.15, -0.1) is 0 Å². The molecule has 2 aromatic rings. The number of carbonyl (C=O) groups excluding carboxylic acids is 1. The lowest BCUT2D eigenvalue weighted by Gasteiger charge is -2.21. The third-order valence-corrected chi connectivity index (χ3v) is 4.59. The fraction of sp³-hybridized carbons (Fsp3) is 0.227. The molecule has 3 rings (SSSR count). The number of alkyl halides is 3. The number of hydrogen-bond donors (Lipinski definition) is 0. The van der Waals surface area contributed by atoms with Crippen molar-refractivity contribution in [3.05, 3.63) is 82.9 Å². The Hall–Kier alpha value is -2.82. The zero-order valence-corrected chi connectivity index (χ0v) is 14.8. The van der Waals surface area contributed by atoms with Gasteiger partial charge in [0.25, 0.3) is 0 Å². The normalized spacial score (nSPS) is 17.9. The lowest BCUT2D eigenvalue weighted by Crippen LogP contribution is -2.12. The highest BCUT2D eigenvalue weighted by atomic mass is 19.4. The van der Waals surface area contributed by atoms with Crippen LogP contribution in [-0.4, -0.2) is 12.9 Å². The Labute approximate surface area is 156 Å². The maximum Gasteiger partial charge on any atom is 0.416 e. The van der Waals surface area contributed by atoms with Gasteiger partial charge in [0.1, 0.15) is 5.75 Å². The highest BCUT2D eigenvalue weighted by Gasteiger charge is 2.29. The van der Waals surface area contributed by atoms with Crippen molar-refractivity contribution in [1.82, 2.24) is 0 Å². The van der Waals surface area contributed by atoms with E-state index in [9.17, 15) is 18.0 Å². The minimum atomic E-state index is -4.34. The molecule has 0 spiro atoms. The highest BCUT2D eigenvalue weighted by Crippen LogP contribution is 2.33. The Morgan fingerprint density at radius 1 is 0.963 bits per heavy atom. The number of rotatable bonds is 4. The summed E-state index contributed by atoms with van der Waals surface area (Å²) in [4.78, 5) is 12.1. The Balaban J connectivity index is 1.72. The minimum Gasteiger partial charge on any atom is -0.497 e. The number of hydrogen-bond acceptors (Lipinski definition) is 2. The van der Waals surface area contributed by atoms with Crippen molar-refractivity contribution in [3.63, 3.8) is 0 Å². The summed E-state index contributed by atoms with van der Waals surface area (Å²) in [6.07, 6.45) is 1.96. The standard InChI is InChI=1S/C22H19F3O2/c1-27-21-10-6-17(7-11-21)18-12-16(13-20(26)14-18)3-2-15-4-8-19(9-5-15)22(23,24)25/h2-11,13,18H,12,14H2,1H3/b3-2+/t18-/m1/s1. The van der Waals surface area contributed by atoms with Crippen LogP contribution < -0.4 is 4.74 Å². The van der Waals surface area contributed by atoms with E-state index < -0.39 is 11.7 Å². The van der Waals surface area contributed by atoms with Crippen LogP contribution in [0.25, 0.3) is 6.08 Å². The minimum absolute atomic E-state index is 0.0501. The second-order valence-electron chi connectivity index (χ2n) is 6.52. The van der Waals surface area contributed by atoms with Crippen LogP contribution in [0.5, 0.6) is 5.75 Å². The summed E-state index contributed by atoms with van der Waals surface area (Å²) in [5, 5.41) is 0. The van der Waals surface area contributed by atoms with Crippen LogP contribution in [0.3, 0.4) is 0 Å². The molecule has 1 atom stereocenters. The topological polar surface area (TPSA) is 26.3 Å². The van der Waals surface area contributed by atoms with E-state index >= 15 is 0 Å². The van der Waals surface area contributed by atoms with Gasteiger partial charge in [0.05, 0.1) is 12.7 Å². The summed E-state index contributed by atoms with van der Waals surface area (Å²) < 4.78 is 43.0. The van der Waals surface area contributed by atoms with Gasteiger partial charge in [0.2, 0.25) is 0 Å². The van der Waals surface area contributed by atoms with E-state index in [4.69, 9.17) is 4.74 Å². The van der Waals surface area contributed by atoms with E-state index in [2.05, 4.69) is 0 Å². The molecule has 1 aliphatic rings. The molecule has 0 heterocycles. The molecule has 0 fully saturated rings. The van der Waals surface area contributed by atoms with Crippen LogP contribution in [-0.2, 0) is 11.0 Å². The van der Waals surface area contributed by atoms with Gasteiger partial charge in [-0.25, -0.2) is 0 Å². The van der Waals surface area contributed by atoms with Gasteiger partial charge in [-0.05, 0) is 59.4 Å². The molecule has 1 aliphatic carbocycles. The molecule has 0 unspecified atom stereocenters. The van der Waals surface area contributed by atoms with Crippen molar-refractivity contribution >= 4 is 11.9 Å². The van der Waals surface area contributed by atoms with Crippen molar-refractivity contribution in [2.45, 2.75) is 24.9 Å². The summed E-state index contributed by atoms with van der Waals surface area (Å²) >= 11 is 0. The summed E-state index contributed by atoms with van der Waals surface area (Å²) in [5.41, 5.74) is 1.92. The molecule has 140 valence electrons. The van der Waals surface area contributed by atoms with Crippen molar-refractivity contribution < 1.29 is 22.7 Å². The Kier molecular flexibility index (Phi) is 5.49. The molecule has 2 aromatic carbocycles. The molecule has 5 heteroatoms. The van der Waals surface area contributed by atoms with Gasteiger partial charge in [-0.3, -0.25) is 4.79 Å². The lowest BCUT2D eigenvalue weighted by atomic mass is 9.83. The average Bonchev–Trinajstić information content (AvgIpc) is 2.66. The number of ether oxygens (including phenoxy) is 1. The predicted molar refractivity (Wildman–Crippen MR) is 98.5 cm³/mol. The van der Waals surface area contributed by atoms with Gasteiger partial charge >= 0.3 is 6.18 Å². The third kappa shape index (κ3) is 4.88. The number of methoxy groups -OCH3 is 1. The summed E-state index contributed by atoms with van der Waals surface area (Å²) in [6.45, 7) is 0. The first-order valence-electron chi connectivity index (χ1n) is 8.58. The van der Waals surface area contributed by atoms with Crippen LogP contribution in [0.15, 0.2) is 66.3 Å². The maximum absolute atomic E-state index is 12.6. The fourth-order valence-corrected chi connectivity index (χ4v) is 3.14. The van der Waals surface area contributed by atoms with Gasteiger partial charge in [-0.1, -0.05) is 36.4 Å². The summed E-state index contributed by atoms with van der Waals surface area (Å²) in [6, 6.07) is 12.6. The van der Waals surface area contributed by atoms with E-state index in [1.54, 1.807) is 25.3 Å². The van der Waals surface area contributed by atoms with Crippen molar-refractivity contribution in [3.8, 4) is 5.75 Å². The molecule has 0 amide bonds. The molecule has 0 saturated carbocycles. The zero-order chi connectivity index (χ0) is 19.4. The molecular formula is C22H19F3O2. The molecule has 0 N–H and O–H groups in total. The van der Waals surface area contributed by atoms with Crippen molar-refractivity contribution in [2.75, 3.05) is 7.11 Å². The van der Waals surface area contributed by atoms with Gasteiger partial charge < -0.3 is 4.74 Å². The van der Waals surface area contributed by atoms with Crippen LogP contribution in [0.1, 0.15) is 35.4 Å². The number of carbonyl (C=O) groups is 1. The first-order valence-corrected chi connectivity index (χ1v) is 8.58. The van der Waals surface area contributed by atoms with Gasteiger partial charge in [0, 0.05) is 6.42 Å².